The molecule has 0 spiro atoms. The molecule has 0 atom stereocenters. The Bertz CT molecular complexity index is 851. The molecule has 1 saturated carbocycles. The lowest BCUT2D eigenvalue weighted by atomic mass is 10.0. The minimum atomic E-state index is 0.00113. The molecule has 3 heterocycles. The van der Waals surface area contributed by atoms with Crippen molar-refractivity contribution in [3.05, 3.63) is 35.8 Å². The van der Waals surface area contributed by atoms with Crippen molar-refractivity contribution in [2.75, 3.05) is 31.6 Å². The van der Waals surface area contributed by atoms with Crippen LogP contribution in [0.25, 0.3) is 11.4 Å². The first kappa shape index (κ1) is 17.9. The van der Waals surface area contributed by atoms with Gasteiger partial charge in [0.2, 0.25) is 5.91 Å². The third-order valence-electron chi connectivity index (χ3n) is 5.64. The smallest absolute Gasteiger partial charge is 0.219 e. The predicted octanol–water partition coefficient (Wildman–Crippen LogP) is 1.65. The number of fused-ring (bicyclic) bond motifs is 1. The van der Waals surface area contributed by atoms with Crippen LogP contribution in [0.1, 0.15) is 31.0 Å². The summed E-state index contributed by atoms with van der Waals surface area (Å²) in [5.74, 6) is 1.60. The number of carbonyl (C=O) groups excluding carboxylic acids is 1. The van der Waals surface area contributed by atoms with E-state index in [1.807, 2.05) is 24.1 Å². The van der Waals surface area contributed by atoms with E-state index in [1.165, 1.54) is 0 Å². The van der Waals surface area contributed by atoms with Gasteiger partial charge in [0.25, 0.3) is 0 Å². The Morgan fingerprint density at radius 3 is 2.81 bits per heavy atom. The molecule has 4 rings (SSSR count). The van der Waals surface area contributed by atoms with E-state index in [1.54, 1.807) is 19.3 Å². The average Bonchev–Trinajstić information content (AvgIpc) is 3.47. The minimum Gasteiger partial charge on any atom is -0.396 e. The number of nitrogens with zero attached hydrogens (tertiary/aromatic N) is 5. The van der Waals surface area contributed by atoms with E-state index in [2.05, 4.69) is 9.88 Å². The fourth-order valence-corrected chi connectivity index (χ4v) is 3.74. The van der Waals surface area contributed by atoms with Crippen molar-refractivity contribution >= 4 is 11.7 Å². The first-order valence-corrected chi connectivity index (χ1v) is 9.39. The molecule has 142 valence electrons. The van der Waals surface area contributed by atoms with Gasteiger partial charge >= 0.3 is 0 Å². The summed E-state index contributed by atoms with van der Waals surface area (Å²) in [6.07, 6.45) is 6.33. The number of hydrogen-bond acceptors (Lipinski definition) is 6. The van der Waals surface area contributed by atoms with Crippen molar-refractivity contribution in [2.45, 2.75) is 32.7 Å². The Balaban J connectivity index is 1.74. The van der Waals surface area contributed by atoms with Crippen molar-refractivity contribution in [3.8, 4) is 11.4 Å². The summed E-state index contributed by atoms with van der Waals surface area (Å²) >= 11 is 0. The van der Waals surface area contributed by atoms with Gasteiger partial charge in [0.1, 0.15) is 5.82 Å². The standard InChI is InChI=1S/C20H25N5O2/c1-14(27)25-9-5-16-17(11-25)22-18(15-4-3-8-21-10-15)23-19(16)24(2)12-20(13-26)6-7-20/h3-4,8,10,26H,5-7,9,11-13H2,1-2H3. The number of hydrogen-bond donors (Lipinski definition) is 1. The Morgan fingerprint density at radius 1 is 1.37 bits per heavy atom. The molecule has 0 aromatic carbocycles. The van der Waals surface area contributed by atoms with E-state index in [4.69, 9.17) is 9.97 Å². The van der Waals surface area contributed by atoms with Gasteiger partial charge in [-0.1, -0.05) is 0 Å². The number of pyridine rings is 1. The molecule has 0 radical (unpaired) electrons. The molecule has 27 heavy (non-hydrogen) atoms. The third-order valence-corrected chi connectivity index (χ3v) is 5.64. The summed E-state index contributed by atoms with van der Waals surface area (Å²) in [7, 11) is 2.03. The maximum absolute atomic E-state index is 11.9. The Labute approximate surface area is 159 Å². The first-order valence-electron chi connectivity index (χ1n) is 9.39. The second-order valence-corrected chi connectivity index (χ2v) is 7.74. The molecule has 2 aliphatic rings. The van der Waals surface area contributed by atoms with E-state index < -0.39 is 0 Å². The van der Waals surface area contributed by atoms with Crippen molar-refractivity contribution in [3.63, 3.8) is 0 Å². The normalized spacial score (nSPS) is 17.4. The number of aliphatic hydroxyl groups excluding tert-OH is 1. The van der Waals surface area contributed by atoms with Gasteiger partial charge in [-0.3, -0.25) is 9.78 Å². The van der Waals surface area contributed by atoms with E-state index in [0.29, 0.717) is 18.9 Å². The van der Waals surface area contributed by atoms with Crippen LogP contribution in [-0.2, 0) is 17.8 Å². The molecular weight excluding hydrogens is 342 g/mol. The van der Waals surface area contributed by atoms with Gasteiger partial charge in [-0.25, -0.2) is 9.97 Å². The van der Waals surface area contributed by atoms with Crippen molar-refractivity contribution in [1.82, 2.24) is 19.9 Å². The molecule has 2 aromatic heterocycles. The average molecular weight is 367 g/mol. The summed E-state index contributed by atoms with van der Waals surface area (Å²) in [6, 6.07) is 3.81. The maximum Gasteiger partial charge on any atom is 0.219 e. The monoisotopic (exact) mass is 367 g/mol. The van der Waals surface area contributed by atoms with Gasteiger partial charge in [-0.2, -0.15) is 0 Å². The van der Waals surface area contributed by atoms with Gasteiger partial charge < -0.3 is 14.9 Å². The molecule has 1 fully saturated rings. The lowest BCUT2D eigenvalue weighted by molar-refractivity contribution is -0.129. The van der Waals surface area contributed by atoms with Gasteiger partial charge in [-0.15, -0.1) is 0 Å². The Hall–Kier alpha value is -2.54. The molecule has 0 unspecified atom stereocenters. The highest BCUT2D eigenvalue weighted by Crippen LogP contribution is 2.46. The molecule has 1 aliphatic heterocycles. The summed E-state index contributed by atoms with van der Waals surface area (Å²) in [5, 5.41) is 9.71. The summed E-state index contributed by atoms with van der Waals surface area (Å²) in [5.41, 5.74) is 2.87. The Kier molecular flexibility index (Phi) is 4.55. The largest absolute Gasteiger partial charge is 0.396 e. The van der Waals surface area contributed by atoms with Crippen LogP contribution in [0.5, 0.6) is 0 Å². The van der Waals surface area contributed by atoms with Crippen LogP contribution in [0.2, 0.25) is 0 Å². The topological polar surface area (TPSA) is 82.5 Å². The quantitative estimate of drug-likeness (QED) is 0.865. The van der Waals surface area contributed by atoms with Crippen LogP contribution in [0.3, 0.4) is 0 Å². The highest BCUT2D eigenvalue weighted by molar-refractivity contribution is 5.74. The molecule has 1 amide bonds. The number of aromatic nitrogens is 3. The van der Waals surface area contributed by atoms with Crippen molar-refractivity contribution < 1.29 is 9.90 Å². The number of aliphatic hydroxyl groups is 1. The predicted molar refractivity (Wildman–Crippen MR) is 102 cm³/mol. The Morgan fingerprint density at radius 2 is 2.19 bits per heavy atom. The molecule has 7 heteroatoms. The number of rotatable bonds is 5. The third kappa shape index (κ3) is 3.51. The van der Waals surface area contributed by atoms with Crippen LogP contribution in [0, 0.1) is 5.41 Å². The van der Waals surface area contributed by atoms with Gasteiger partial charge in [0, 0.05) is 56.0 Å². The second-order valence-electron chi connectivity index (χ2n) is 7.74. The zero-order valence-corrected chi connectivity index (χ0v) is 15.9. The molecule has 1 aliphatic carbocycles. The van der Waals surface area contributed by atoms with Crippen molar-refractivity contribution in [1.29, 1.82) is 0 Å². The van der Waals surface area contributed by atoms with Crippen LogP contribution in [0.15, 0.2) is 24.5 Å². The van der Waals surface area contributed by atoms with E-state index >= 15 is 0 Å². The number of anilines is 1. The van der Waals surface area contributed by atoms with E-state index in [9.17, 15) is 9.90 Å². The maximum atomic E-state index is 11.9. The molecule has 2 aromatic rings. The van der Waals surface area contributed by atoms with E-state index in [-0.39, 0.29) is 17.9 Å². The number of carbonyl (C=O) groups is 1. The highest BCUT2D eigenvalue weighted by Gasteiger charge is 2.43. The van der Waals surface area contributed by atoms with Crippen LogP contribution in [-0.4, -0.2) is 57.6 Å². The minimum absolute atomic E-state index is 0.00113. The lowest BCUT2D eigenvalue weighted by Crippen LogP contribution is -2.37. The SMILES string of the molecule is CC(=O)N1CCc2c(nc(-c3cccnc3)nc2N(C)CC2(CO)CC2)C1. The molecule has 0 bridgehead atoms. The van der Waals surface area contributed by atoms with Gasteiger partial charge in [0.05, 0.1) is 18.8 Å². The van der Waals surface area contributed by atoms with Gasteiger partial charge in [-0.05, 0) is 31.4 Å². The molecule has 7 nitrogen and oxygen atoms in total. The zero-order chi connectivity index (χ0) is 19.0. The van der Waals surface area contributed by atoms with Gasteiger partial charge in [0.15, 0.2) is 5.82 Å². The summed E-state index contributed by atoms with van der Waals surface area (Å²) in [6.45, 7) is 3.77. The fourth-order valence-electron chi connectivity index (χ4n) is 3.74. The fraction of sp³-hybridized carbons (Fsp3) is 0.500. The number of amides is 1. The van der Waals surface area contributed by atoms with E-state index in [0.717, 1.165) is 48.4 Å². The first-order chi connectivity index (χ1) is 13.0. The molecular formula is C20H25N5O2. The summed E-state index contributed by atoms with van der Waals surface area (Å²) in [4.78, 5) is 29.6. The van der Waals surface area contributed by atoms with Crippen molar-refractivity contribution in [2.24, 2.45) is 5.41 Å². The second kappa shape index (κ2) is 6.88. The molecule has 0 saturated heterocycles. The van der Waals surface area contributed by atoms with Crippen LogP contribution < -0.4 is 4.90 Å². The molecule has 1 N–H and O–H groups in total. The lowest BCUT2D eigenvalue weighted by Gasteiger charge is -2.32. The van der Waals surface area contributed by atoms with Crippen LogP contribution >= 0.6 is 0 Å². The zero-order valence-electron chi connectivity index (χ0n) is 15.9. The van der Waals surface area contributed by atoms with Crippen LogP contribution in [0.4, 0.5) is 5.82 Å². The highest BCUT2D eigenvalue weighted by atomic mass is 16.3. The summed E-state index contributed by atoms with van der Waals surface area (Å²) < 4.78 is 0.